The Bertz CT molecular complexity index is 659. The first-order valence-electron chi connectivity index (χ1n) is 7.03. The number of benzene rings is 1. The van der Waals surface area contributed by atoms with Crippen LogP contribution in [-0.4, -0.2) is 52.1 Å². The van der Waals surface area contributed by atoms with Crippen molar-refractivity contribution in [1.82, 2.24) is 19.9 Å². The van der Waals surface area contributed by atoms with Gasteiger partial charge >= 0.3 is 0 Å². The zero-order chi connectivity index (χ0) is 14.8. The summed E-state index contributed by atoms with van der Waals surface area (Å²) in [6.45, 7) is 6.20. The second kappa shape index (κ2) is 5.65. The first-order chi connectivity index (χ1) is 10.1. The maximum Gasteiger partial charge on any atom is 0.276 e. The summed E-state index contributed by atoms with van der Waals surface area (Å²) in [6, 6.07) is 7.88. The van der Waals surface area contributed by atoms with Crippen LogP contribution in [0, 0.1) is 13.8 Å². The fourth-order valence-corrected chi connectivity index (χ4v) is 2.36. The highest BCUT2D eigenvalue weighted by Crippen LogP contribution is 2.12. The quantitative estimate of drug-likeness (QED) is 0.836. The molecular formula is C15H18N4O2. The molecule has 2 heterocycles. The van der Waals surface area contributed by atoms with Gasteiger partial charge in [0.15, 0.2) is 5.69 Å². The Morgan fingerprint density at radius 2 is 1.95 bits per heavy atom. The van der Waals surface area contributed by atoms with Gasteiger partial charge in [-0.15, -0.1) is 5.10 Å². The molecule has 0 aliphatic carbocycles. The van der Waals surface area contributed by atoms with Crippen LogP contribution < -0.4 is 0 Å². The number of aryl methyl sites for hydroxylation is 2. The molecule has 110 valence electrons. The Morgan fingerprint density at radius 3 is 2.67 bits per heavy atom. The Balaban J connectivity index is 1.89. The molecule has 1 aliphatic heterocycles. The van der Waals surface area contributed by atoms with Crippen LogP contribution in [0.25, 0.3) is 5.69 Å². The van der Waals surface area contributed by atoms with E-state index in [0.717, 1.165) is 11.3 Å². The van der Waals surface area contributed by atoms with Crippen LogP contribution in [-0.2, 0) is 4.74 Å². The van der Waals surface area contributed by atoms with Gasteiger partial charge in [0.2, 0.25) is 0 Å². The van der Waals surface area contributed by atoms with Gasteiger partial charge in [-0.3, -0.25) is 4.79 Å². The van der Waals surface area contributed by atoms with Crippen LogP contribution >= 0.6 is 0 Å². The van der Waals surface area contributed by atoms with Crippen molar-refractivity contribution in [2.24, 2.45) is 0 Å². The predicted molar refractivity (Wildman–Crippen MR) is 77.6 cm³/mol. The lowest BCUT2D eigenvalue weighted by Crippen LogP contribution is -2.41. The van der Waals surface area contributed by atoms with Crippen molar-refractivity contribution in [3.05, 3.63) is 41.2 Å². The molecule has 0 unspecified atom stereocenters. The molecule has 1 aromatic heterocycles. The first-order valence-corrected chi connectivity index (χ1v) is 7.03. The summed E-state index contributed by atoms with van der Waals surface area (Å²) in [5, 5.41) is 8.73. The van der Waals surface area contributed by atoms with Gasteiger partial charge in [-0.05, 0) is 31.5 Å². The monoisotopic (exact) mass is 286 g/mol. The lowest BCUT2D eigenvalue weighted by molar-refractivity contribution is 0.0298. The van der Waals surface area contributed by atoms with Gasteiger partial charge < -0.3 is 9.64 Å². The second-order valence-corrected chi connectivity index (χ2v) is 5.17. The number of carbonyl (C=O) groups excluding carboxylic acids is 1. The van der Waals surface area contributed by atoms with Crippen molar-refractivity contribution in [2.75, 3.05) is 26.3 Å². The van der Waals surface area contributed by atoms with E-state index in [1.54, 1.807) is 4.90 Å². The third-order valence-electron chi connectivity index (χ3n) is 3.52. The van der Waals surface area contributed by atoms with Crippen molar-refractivity contribution in [2.45, 2.75) is 13.8 Å². The summed E-state index contributed by atoms with van der Waals surface area (Å²) in [4.78, 5) is 15.8. The molecule has 0 radical (unpaired) electrons. The van der Waals surface area contributed by atoms with Crippen molar-refractivity contribution in [3.63, 3.8) is 0 Å². The average molecular weight is 286 g/mol. The molecule has 21 heavy (non-hydrogen) atoms. The third kappa shape index (κ3) is 2.80. The van der Waals surface area contributed by atoms with Crippen LogP contribution in [0.3, 0.4) is 0 Å². The zero-order valence-corrected chi connectivity index (χ0v) is 12.2. The summed E-state index contributed by atoms with van der Waals surface area (Å²) >= 11 is 0. The highest BCUT2D eigenvalue weighted by Gasteiger charge is 2.23. The third-order valence-corrected chi connectivity index (χ3v) is 3.52. The van der Waals surface area contributed by atoms with E-state index in [0.29, 0.717) is 37.7 Å². The maximum absolute atomic E-state index is 12.5. The van der Waals surface area contributed by atoms with Crippen LogP contribution in [0.15, 0.2) is 24.3 Å². The van der Waals surface area contributed by atoms with Gasteiger partial charge in [-0.1, -0.05) is 12.1 Å². The maximum atomic E-state index is 12.5. The standard InChI is InChI=1S/C15H18N4O2/c1-11-4-3-5-13(10-11)19-16-12(2)14(17-19)15(20)18-6-8-21-9-7-18/h3-5,10H,6-9H2,1-2H3. The minimum absolute atomic E-state index is 0.0743. The molecule has 0 N–H and O–H groups in total. The molecule has 6 nitrogen and oxygen atoms in total. The van der Waals surface area contributed by atoms with E-state index in [1.807, 2.05) is 38.1 Å². The van der Waals surface area contributed by atoms with E-state index in [-0.39, 0.29) is 5.91 Å². The second-order valence-electron chi connectivity index (χ2n) is 5.17. The highest BCUT2D eigenvalue weighted by atomic mass is 16.5. The number of rotatable bonds is 2. The predicted octanol–water partition coefficient (Wildman–Crippen LogP) is 1.36. The average Bonchev–Trinajstić information content (AvgIpc) is 2.89. The number of ether oxygens (including phenoxy) is 1. The summed E-state index contributed by atoms with van der Waals surface area (Å²) in [6.07, 6.45) is 0. The molecule has 1 fully saturated rings. The van der Waals surface area contributed by atoms with Crippen LogP contribution in [0.1, 0.15) is 21.7 Å². The molecule has 0 bridgehead atoms. The Hall–Kier alpha value is -2.21. The zero-order valence-electron chi connectivity index (χ0n) is 12.2. The van der Waals surface area contributed by atoms with Gasteiger partial charge in [-0.25, -0.2) is 0 Å². The Morgan fingerprint density at radius 1 is 1.19 bits per heavy atom. The van der Waals surface area contributed by atoms with Crippen molar-refractivity contribution in [3.8, 4) is 5.69 Å². The fraction of sp³-hybridized carbons (Fsp3) is 0.400. The van der Waals surface area contributed by atoms with E-state index in [4.69, 9.17) is 4.74 Å². The van der Waals surface area contributed by atoms with Crippen molar-refractivity contribution >= 4 is 5.91 Å². The number of hydrogen-bond acceptors (Lipinski definition) is 4. The Kier molecular flexibility index (Phi) is 3.70. The van der Waals surface area contributed by atoms with Gasteiger partial charge in [0.05, 0.1) is 24.6 Å². The molecule has 0 atom stereocenters. The highest BCUT2D eigenvalue weighted by molar-refractivity contribution is 5.93. The van der Waals surface area contributed by atoms with Gasteiger partial charge in [-0.2, -0.15) is 9.90 Å². The Labute approximate surface area is 123 Å². The van der Waals surface area contributed by atoms with Crippen molar-refractivity contribution in [1.29, 1.82) is 0 Å². The largest absolute Gasteiger partial charge is 0.378 e. The molecule has 6 heteroatoms. The fourth-order valence-electron chi connectivity index (χ4n) is 2.36. The van der Waals surface area contributed by atoms with E-state index in [2.05, 4.69) is 10.2 Å². The van der Waals surface area contributed by atoms with Gasteiger partial charge in [0, 0.05) is 13.1 Å². The van der Waals surface area contributed by atoms with E-state index < -0.39 is 0 Å². The number of nitrogens with zero attached hydrogens (tertiary/aromatic N) is 4. The number of morpholine rings is 1. The minimum atomic E-state index is -0.0743. The summed E-state index contributed by atoms with van der Waals surface area (Å²) in [5.41, 5.74) is 3.05. The van der Waals surface area contributed by atoms with Crippen molar-refractivity contribution < 1.29 is 9.53 Å². The number of hydrogen-bond donors (Lipinski definition) is 0. The molecule has 1 aliphatic rings. The SMILES string of the molecule is Cc1cccc(-n2nc(C)c(C(=O)N3CCOCC3)n2)c1. The molecule has 0 saturated carbocycles. The normalized spacial score (nSPS) is 15.2. The summed E-state index contributed by atoms with van der Waals surface area (Å²) < 4.78 is 5.27. The van der Waals surface area contributed by atoms with E-state index >= 15 is 0 Å². The van der Waals surface area contributed by atoms with E-state index in [1.165, 1.54) is 4.80 Å². The lowest BCUT2D eigenvalue weighted by atomic mass is 10.2. The van der Waals surface area contributed by atoms with Crippen LogP contribution in [0.5, 0.6) is 0 Å². The lowest BCUT2D eigenvalue weighted by Gasteiger charge is -2.26. The minimum Gasteiger partial charge on any atom is -0.378 e. The molecule has 1 saturated heterocycles. The molecule has 3 rings (SSSR count). The molecule has 0 spiro atoms. The summed E-state index contributed by atoms with van der Waals surface area (Å²) in [7, 11) is 0. The molecule has 2 aromatic rings. The molecule has 1 amide bonds. The van der Waals surface area contributed by atoms with Gasteiger partial charge in [0.25, 0.3) is 5.91 Å². The van der Waals surface area contributed by atoms with E-state index in [9.17, 15) is 4.79 Å². The van der Waals surface area contributed by atoms with Crippen LogP contribution in [0.2, 0.25) is 0 Å². The first kappa shape index (κ1) is 13.8. The number of amides is 1. The smallest absolute Gasteiger partial charge is 0.276 e. The number of aromatic nitrogens is 3. The number of carbonyl (C=O) groups is 1. The molecular weight excluding hydrogens is 268 g/mol. The molecule has 1 aromatic carbocycles. The van der Waals surface area contributed by atoms with Crippen LogP contribution in [0.4, 0.5) is 0 Å². The summed E-state index contributed by atoms with van der Waals surface area (Å²) in [5.74, 6) is -0.0743. The van der Waals surface area contributed by atoms with Gasteiger partial charge in [0.1, 0.15) is 0 Å². The topological polar surface area (TPSA) is 60.2 Å².